The Morgan fingerprint density at radius 2 is 2.35 bits per heavy atom. The summed E-state index contributed by atoms with van der Waals surface area (Å²) in [7, 11) is 0. The second-order valence-corrected chi connectivity index (χ2v) is 4.79. The summed E-state index contributed by atoms with van der Waals surface area (Å²) in [6, 6.07) is 3.30. The molecule has 1 heterocycles. The molecule has 4 nitrogen and oxygen atoms in total. The van der Waals surface area contributed by atoms with Crippen LogP contribution < -0.4 is 5.32 Å². The summed E-state index contributed by atoms with van der Waals surface area (Å²) in [5.41, 5.74) is 0.985. The molecule has 0 amide bonds. The fourth-order valence-corrected chi connectivity index (χ4v) is 2.40. The molecule has 1 aliphatic rings. The lowest BCUT2D eigenvalue weighted by Crippen LogP contribution is -2.16. The molecule has 2 atom stereocenters. The Bertz CT molecular complexity index is 389. The molecule has 0 spiro atoms. The van der Waals surface area contributed by atoms with Gasteiger partial charge in [0.25, 0.3) is 0 Å². The average molecular weight is 234 g/mol. The number of carboxylic acid groups (broad SMARTS) is 1. The number of aromatic nitrogens is 1. The summed E-state index contributed by atoms with van der Waals surface area (Å²) >= 11 is 0. The lowest BCUT2D eigenvalue weighted by atomic mass is 9.98. The van der Waals surface area contributed by atoms with Gasteiger partial charge in [0, 0.05) is 6.54 Å². The molecule has 0 saturated heterocycles. The highest BCUT2D eigenvalue weighted by molar-refractivity contribution is 5.85. The largest absolute Gasteiger partial charge is 0.477 e. The van der Waals surface area contributed by atoms with Gasteiger partial charge >= 0.3 is 5.97 Å². The number of rotatable bonds is 4. The maximum atomic E-state index is 10.6. The number of pyridine rings is 1. The first-order valence-electron chi connectivity index (χ1n) is 6.10. The van der Waals surface area contributed by atoms with Gasteiger partial charge in [-0.25, -0.2) is 9.78 Å². The molecule has 1 fully saturated rings. The minimum atomic E-state index is -0.985. The molecule has 17 heavy (non-hydrogen) atoms. The molecule has 0 aliphatic heterocycles. The van der Waals surface area contributed by atoms with Gasteiger partial charge in [0.15, 0.2) is 0 Å². The minimum absolute atomic E-state index is 0.0878. The van der Waals surface area contributed by atoms with Gasteiger partial charge < -0.3 is 10.4 Å². The summed E-state index contributed by atoms with van der Waals surface area (Å²) in [6.45, 7) is 3.25. The van der Waals surface area contributed by atoms with Crippen molar-refractivity contribution in [2.24, 2.45) is 11.8 Å². The number of carboxylic acids is 1. The lowest BCUT2D eigenvalue weighted by Gasteiger charge is -2.16. The fourth-order valence-electron chi connectivity index (χ4n) is 2.40. The molecule has 1 aliphatic carbocycles. The maximum absolute atomic E-state index is 10.6. The van der Waals surface area contributed by atoms with Crippen molar-refractivity contribution in [2.75, 3.05) is 11.9 Å². The molecule has 0 bridgehead atoms. The van der Waals surface area contributed by atoms with E-state index >= 15 is 0 Å². The number of aromatic carboxylic acids is 1. The van der Waals surface area contributed by atoms with E-state index < -0.39 is 5.97 Å². The number of carbonyl (C=O) groups is 1. The van der Waals surface area contributed by atoms with Crippen LogP contribution in [0.2, 0.25) is 0 Å². The first kappa shape index (κ1) is 11.9. The molecule has 1 aromatic heterocycles. The zero-order chi connectivity index (χ0) is 12.3. The molecule has 2 N–H and O–H groups in total. The van der Waals surface area contributed by atoms with Gasteiger partial charge in [-0.2, -0.15) is 0 Å². The monoisotopic (exact) mass is 234 g/mol. The van der Waals surface area contributed by atoms with Crippen LogP contribution in [0.4, 0.5) is 5.69 Å². The van der Waals surface area contributed by atoms with Crippen LogP contribution in [0.5, 0.6) is 0 Å². The van der Waals surface area contributed by atoms with Crippen LogP contribution >= 0.6 is 0 Å². The van der Waals surface area contributed by atoms with Crippen molar-refractivity contribution >= 4 is 11.7 Å². The van der Waals surface area contributed by atoms with Crippen LogP contribution in [0.15, 0.2) is 18.3 Å². The van der Waals surface area contributed by atoms with Crippen LogP contribution in [0.1, 0.15) is 36.7 Å². The van der Waals surface area contributed by atoms with Gasteiger partial charge in [-0.15, -0.1) is 0 Å². The van der Waals surface area contributed by atoms with E-state index in [4.69, 9.17) is 5.11 Å². The second-order valence-electron chi connectivity index (χ2n) is 4.79. The summed E-state index contributed by atoms with van der Waals surface area (Å²) in [5, 5.41) is 12.1. The molecule has 2 rings (SSSR count). The molecule has 2 unspecified atom stereocenters. The van der Waals surface area contributed by atoms with Crippen LogP contribution in [0, 0.1) is 11.8 Å². The quantitative estimate of drug-likeness (QED) is 0.840. The Labute approximate surface area is 101 Å². The fraction of sp³-hybridized carbons (Fsp3) is 0.538. The van der Waals surface area contributed by atoms with Gasteiger partial charge in [0.1, 0.15) is 5.69 Å². The molecular formula is C13H18N2O2. The third-order valence-electron chi connectivity index (χ3n) is 3.59. The molecule has 1 saturated carbocycles. The van der Waals surface area contributed by atoms with Gasteiger partial charge in [-0.1, -0.05) is 19.8 Å². The Balaban J connectivity index is 1.88. The molecule has 92 valence electrons. The normalized spacial score (nSPS) is 23.6. The first-order chi connectivity index (χ1) is 8.16. The summed E-state index contributed by atoms with van der Waals surface area (Å²) in [6.07, 6.45) is 5.52. The van der Waals surface area contributed by atoms with E-state index in [1.54, 1.807) is 12.3 Å². The molecule has 1 aromatic rings. The SMILES string of the molecule is CC1CCCC1CNc1ccc(C(=O)O)nc1. The Kier molecular flexibility index (Phi) is 3.61. The van der Waals surface area contributed by atoms with Gasteiger partial charge in [0.2, 0.25) is 0 Å². The number of nitrogens with one attached hydrogen (secondary N) is 1. The van der Waals surface area contributed by atoms with Crippen LogP contribution in [-0.2, 0) is 0 Å². The highest BCUT2D eigenvalue weighted by atomic mass is 16.4. The van der Waals surface area contributed by atoms with Gasteiger partial charge in [-0.3, -0.25) is 0 Å². The van der Waals surface area contributed by atoms with E-state index in [0.29, 0.717) is 0 Å². The van der Waals surface area contributed by atoms with Crippen LogP contribution in [0.25, 0.3) is 0 Å². The summed E-state index contributed by atoms with van der Waals surface area (Å²) in [5.74, 6) is 0.531. The molecule has 0 radical (unpaired) electrons. The van der Waals surface area contributed by atoms with Crippen molar-refractivity contribution in [2.45, 2.75) is 26.2 Å². The van der Waals surface area contributed by atoms with E-state index in [2.05, 4.69) is 17.2 Å². The Morgan fingerprint density at radius 3 is 2.88 bits per heavy atom. The van der Waals surface area contributed by atoms with E-state index in [9.17, 15) is 4.79 Å². The highest BCUT2D eigenvalue weighted by Gasteiger charge is 2.22. The van der Waals surface area contributed by atoms with Crippen LogP contribution in [0.3, 0.4) is 0 Å². The third kappa shape index (κ3) is 2.96. The lowest BCUT2D eigenvalue weighted by molar-refractivity contribution is 0.0690. The number of hydrogen-bond donors (Lipinski definition) is 2. The topological polar surface area (TPSA) is 62.2 Å². The van der Waals surface area contributed by atoms with Crippen molar-refractivity contribution in [1.82, 2.24) is 4.98 Å². The van der Waals surface area contributed by atoms with E-state index in [1.807, 2.05) is 0 Å². The predicted octanol–water partition coefficient (Wildman–Crippen LogP) is 2.63. The standard InChI is InChI=1S/C13H18N2O2/c1-9-3-2-4-10(9)7-14-11-5-6-12(13(16)17)15-8-11/h5-6,8-10,14H,2-4,7H2,1H3,(H,16,17). The molecular weight excluding hydrogens is 216 g/mol. The number of anilines is 1. The zero-order valence-electron chi connectivity index (χ0n) is 10.0. The summed E-state index contributed by atoms with van der Waals surface area (Å²) < 4.78 is 0. The molecule has 0 aromatic carbocycles. The zero-order valence-corrected chi connectivity index (χ0v) is 10.0. The Morgan fingerprint density at radius 1 is 1.53 bits per heavy atom. The van der Waals surface area contributed by atoms with Crippen molar-refractivity contribution in [1.29, 1.82) is 0 Å². The van der Waals surface area contributed by atoms with Crippen molar-refractivity contribution in [3.63, 3.8) is 0 Å². The van der Waals surface area contributed by atoms with E-state index in [0.717, 1.165) is 24.1 Å². The van der Waals surface area contributed by atoms with E-state index in [-0.39, 0.29) is 5.69 Å². The second kappa shape index (κ2) is 5.17. The third-order valence-corrected chi connectivity index (χ3v) is 3.59. The number of hydrogen-bond acceptors (Lipinski definition) is 3. The van der Waals surface area contributed by atoms with E-state index in [1.165, 1.54) is 25.3 Å². The van der Waals surface area contributed by atoms with Crippen LogP contribution in [-0.4, -0.2) is 22.6 Å². The summed E-state index contributed by atoms with van der Waals surface area (Å²) in [4.78, 5) is 14.5. The Hall–Kier alpha value is -1.58. The molecule has 4 heteroatoms. The average Bonchev–Trinajstić information content (AvgIpc) is 2.73. The first-order valence-corrected chi connectivity index (χ1v) is 6.10. The minimum Gasteiger partial charge on any atom is -0.477 e. The smallest absolute Gasteiger partial charge is 0.354 e. The van der Waals surface area contributed by atoms with Crippen molar-refractivity contribution in [3.05, 3.63) is 24.0 Å². The maximum Gasteiger partial charge on any atom is 0.354 e. The van der Waals surface area contributed by atoms with Crippen molar-refractivity contribution < 1.29 is 9.90 Å². The van der Waals surface area contributed by atoms with Crippen molar-refractivity contribution in [3.8, 4) is 0 Å². The predicted molar refractivity (Wildman–Crippen MR) is 66.2 cm³/mol. The van der Waals surface area contributed by atoms with Gasteiger partial charge in [-0.05, 0) is 30.4 Å². The highest BCUT2D eigenvalue weighted by Crippen LogP contribution is 2.31. The van der Waals surface area contributed by atoms with Gasteiger partial charge in [0.05, 0.1) is 11.9 Å². The number of nitrogens with zero attached hydrogens (tertiary/aromatic N) is 1.